The first-order valence-corrected chi connectivity index (χ1v) is 5.32. The molecule has 0 N–H and O–H groups in total. The lowest BCUT2D eigenvalue weighted by molar-refractivity contribution is 0.300. The second kappa shape index (κ2) is 4.79. The number of nitrogens with zero attached hydrogens (tertiary/aromatic N) is 3. The predicted octanol–water partition coefficient (Wildman–Crippen LogP) is 2.44. The summed E-state index contributed by atoms with van der Waals surface area (Å²) >= 11 is 0. The van der Waals surface area contributed by atoms with Gasteiger partial charge < -0.3 is 4.74 Å². The van der Waals surface area contributed by atoms with E-state index in [2.05, 4.69) is 23.9 Å². The molecule has 2 aromatic rings. The van der Waals surface area contributed by atoms with Gasteiger partial charge in [0.1, 0.15) is 6.61 Å². The summed E-state index contributed by atoms with van der Waals surface area (Å²) in [5, 5.41) is 4.20. The van der Waals surface area contributed by atoms with Crippen LogP contribution in [-0.4, -0.2) is 14.8 Å². The number of hydrogen-bond donors (Lipinski definition) is 0. The molecule has 0 saturated carbocycles. The average molecular weight is 217 g/mol. The first kappa shape index (κ1) is 10.7. The van der Waals surface area contributed by atoms with Crippen molar-refractivity contribution in [3.8, 4) is 5.75 Å². The molecule has 0 fully saturated rings. The minimum absolute atomic E-state index is 0.354. The van der Waals surface area contributed by atoms with Gasteiger partial charge in [0, 0.05) is 12.2 Å². The van der Waals surface area contributed by atoms with Gasteiger partial charge in [-0.05, 0) is 26.0 Å². The third-order valence-corrected chi connectivity index (χ3v) is 2.22. The van der Waals surface area contributed by atoms with Crippen LogP contribution >= 0.6 is 0 Å². The van der Waals surface area contributed by atoms with E-state index in [4.69, 9.17) is 4.74 Å². The highest BCUT2D eigenvalue weighted by atomic mass is 16.5. The molecule has 0 radical (unpaired) electrons. The van der Waals surface area contributed by atoms with E-state index < -0.39 is 0 Å². The fourth-order valence-corrected chi connectivity index (χ4v) is 1.32. The minimum atomic E-state index is 0.354. The Morgan fingerprint density at radius 3 is 2.88 bits per heavy atom. The van der Waals surface area contributed by atoms with E-state index in [1.807, 2.05) is 29.1 Å². The van der Waals surface area contributed by atoms with Crippen molar-refractivity contribution in [2.24, 2.45) is 0 Å². The Labute approximate surface area is 94.9 Å². The molecule has 0 amide bonds. The van der Waals surface area contributed by atoms with E-state index >= 15 is 0 Å². The molecule has 4 nitrogen and oxygen atoms in total. The lowest BCUT2D eigenvalue weighted by Gasteiger charge is -2.04. The summed E-state index contributed by atoms with van der Waals surface area (Å²) in [6.07, 6.45) is 5.38. The van der Waals surface area contributed by atoms with Crippen LogP contribution in [0.25, 0.3) is 0 Å². The third-order valence-electron chi connectivity index (χ3n) is 2.22. The summed E-state index contributed by atoms with van der Waals surface area (Å²) in [6.45, 7) is 4.63. The van der Waals surface area contributed by atoms with Gasteiger partial charge in [-0.1, -0.05) is 6.07 Å². The Morgan fingerprint density at radius 2 is 2.25 bits per heavy atom. The van der Waals surface area contributed by atoms with E-state index in [9.17, 15) is 0 Å². The zero-order valence-corrected chi connectivity index (χ0v) is 9.50. The van der Waals surface area contributed by atoms with Crippen molar-refractivity contribution in [2.75, 3.05) is 0 Å². The van der Waals surface area contributed by atoms with Gasteiger partial charge in [-0.15, -0.1) is 0 Å². The molecule has 0 aliphatic carbocycles. The Morgan fingerprint density at radius 1 is 1.38 bits per heavy atom. The fraction of sp³-hybridized carbons (Fsp3) is 0.333. The van der Waals surface area contributed by atoms with Crippen LogP contribution < -0.4 is 4.74 Å². The highest BCUT2D eigenvalue weighted by Crippen LogP contribution is 2.13. The first-order chi connectivity index (χ1) is 7.75. The molecule has 0 unspecified atom stereocenters. The van der Waals surface area contributed by atoms with E-state index in [0.717, 1.165) is 11.4 Å². The van der Waals surface area contributed by atoms with Gasteiger partial charge in [-0.3, -0.25) is 9.67 Å². The Kier molecular flexibility index (Phi) is 3.19. The van der Waals surface area contributed by atoms with Gasteiger partial charge in [0.25, 0.3) is 0 Å². The Hall–Kier alpha value is -1.84. The minimum Gasteiger partial charge on any atom is -0.484 e. The second-order valence-electron chi connectivity index (χ2n) is 3.86. The van der Waals surface area contributed by atoms with Crippen molar-refractivity contribution in [2.45, 2.75) is 26.5 Å². The molecule has 0 aliphatic heterocycles. The number of pyridine rings is 1. The highest BCUT2D eigenvalue weighted by Gasteiger charge is 2.02. The van der Waals surface area contributed by atoms with Gasteiger partial charge in [0.15, 0.2) is 5.75 Å². The van der Waals surface area contributed by atoms with Crippen LogP contribution in [0, 0.1) is 0 Å². The van der Waals surface area contributed by atoms with Crippen molar-refractivity contribution in [3.63, 3.8) is 0 Å². The van der Waals surface area contributed by atoms with Crippen molar-refractivity contribution < 1.29 is 4.74 Å². The monoisotopic (exact) mass is 217 g/mol. The number of rotatable bonds is 4. The largest absolute Gasteiger partial charge is 0.484 e. The summed E-state index contributed by atoms with van der Waals surface area (Å²) in [7, 11) is 0. The van der Waals surface area contributed by atoms with E-state index in [-0.39, 0.29) is 0 Å². The van der Waals surface area contributed by atoms with Crippen LogP contribution in [0.1, 0.15) is 25.6 Å². The zero-order valence-electron chi connectivity index (χ0n) is 9.50. The maximum atomic E-state index is 5.58. The van der Waals surface area contributed by atoms with Crippen LogP contribution in [0.4, 0.5) is 0 Å². The smallest absolute Gasteiger partial charge is 0.157 e. The topological polar surface area (TPSA) is 39.9 Å². The summed E-state index contributed by atoms with van der Waals surface area (Å²) in [4.78, 5) is 4.18. The normalized spacial score (nSPS) is 10.7. The van der Waals surface area contributed by atoms with E-state index in [1.54, 1.807) is 12.4 Å². The summed E-state index contributed by atoms with van der Waals surface area (Å²) in [6, 6.07) is 6.13. The van der Waals surface area contributed by atoms with Gasteiger partial charge >= 0.3 is 0 Å². The summed E-state index contributed by atoms with van der Waals surface area (Å²) in [5.74, 6) is 0.777. The molecule has 0 spiro atoms. The van der Waals surface area contributed by atoms with E-state index in [0.29, 0.717) is 12.6 Å². The van der Waals surface area contributed by atoms with Crippen LogP contribution in [0.15, 0.2) is 36.8 Å². The van der Waals surface area contributed by atoms with Crippen LogP contribution in [0.3, 0.4) is 0 Å². The molecule has 0 saturated heterocycles. The van der Waals surface area contributed by atoms with Gasteiger partial charge in [-0.2, -0.15) is 5.10 Å². The molecule has 2 rings (SSSR count). The molecular formula is C12H15N3O. The maximum Gasteiger partial charge on any atom is 0.157 e. The molecule has 2 aromatic heterocycles. The average Bonchev–Trinajstić information content (AvgIpc) is 2.76. The molecule has 4 heteroatoms. The van der Waals surface area contributed by atoms with Crippen LogP contribution in [0.2, 0.25) is 0 Å². The maximum absolute atomic E-state index is 5.58. The molecule has 16 heavy (non-hydrogen) atoms. The number of hydrogen-bond acceptors (Lipinski definition) is 3. The Bertz CT molecular complexity index is 437. The van der Waals surface area contributed by atoms with Crippen LogP contribution in [0.5, 0.6) is 5.75 Å². The summed E-state index contributed by atoms with van der Waals surface area (Å²) < 4.78 is 7.45. The summed E-state index contributed by atoms with van der Waals surface area (Å²) in [5.41, 5.74) is 0.916. The lowest BCUT2D eigenvalue weighted by Crippen LogP contribution is -2.00. The fourth-order valence-electron chi connectivity index (χ4n) is 1.32. The van der Waals surface area contributed by atoms with Crippen LogP contribution in [-0.2, 0) is 6.61 Å². The quantitative estimate of drug-likeness (QED) is 0.789. The highest BCUT2D eigenvalue weighted by molar-refractivity contribution is 5.13. The SMILES string of the molecule is CC(C)n1cc(OCc2ccccn2)cn1. The molecule has 0 aromatic carbocycles. The van der Waals surface area contributed by atoms with Gasteiger partial charge in [0.05, 0.1) is 18.1 Å². The second-order valence-corrected chi connectivity index (χ2v) is 3.86. The molecule has 0 aliphatic rings. The third kappa shape index (κ3) is 2.59. The van der Waals surface area contributed by atoms with Crippen molar-refractivity contribution >= 4 is 0 Å². The van der Waals surface area contributed by atoms with Gasteiger partial charge in [0.2, 0.25) is 0 Å². The molecular weight excluding hydrogens is 202 g/mol. The lowest BCUT2D eigenvalue weighted by atomic mass is 10.4. The van der Waals surface area contributed by atoms with E-state index in [1.165, 1.54) is 0 Å². The van der Waals surface area contributed by atoms with Crippen molar-refractivity contribution in [1.82, 2.24) is 14.8 Å². The number of aromatic nitrogens is 3. The predicted molar refractivity (Wildman–Crippen MR) is 61.2 cm³/mol. The molecule has 84 valence electrons. The Balaban J connectivity index is 1.95. The van der Waals surface area contributed by atoms with Gasteiger partial charge in [-0.25, -0.2) is 0 Å². The van der Waals surface area contributed by atoms with Crippen molar-refractivity contribution in [3.05, 3.63) is 42.5 Å². The van der Waals surface area contributed by atoms with Crippen molar-refractivity contribution in [1.29, 1.82) is 0 Å². The standard InChI is InChI=1S/C12H15N3O/c1-10(2)15-8-12(7-14-15)16-9-11-5-3-4-6-13-11/h3-8,10H,9H2,1-2H3. The molecule has 2 heterocycles. The first-order valence-electron chi connectivity index (χ1n) is 5.32. The molecule has 0 bridgehead atoms. The zero-order chi connectivity index (χ0) is 11.4. The molecule has 0 atom stereocenters. The number of ether oxygens (including phenoxy) is 1.